The standard InChI is InChI=1S/C12H15FN2O3/c1-2-6-15(7-10(16)17)12(18)8-4-3-5-9(13)11(8)14/h3-5H,2,6-7,14H2,1H3,(H,16,17). The van der Waals surface area contributed by atoms with Gasteiger partial charge in [-0.05, 0) is 18.6 Å². The number of hydrogen-bond acceptors (Lipinski definition) is 3. The van der Waals surface area contributed by atoms with Crippen LogP contribution in [-0.4, -0.2) is 35.0 Å². The van der Waals surface area contributed by atoms with Crippen LogP contribution in [0.4, 0.5) is 10.1 Å². The molecule has 5 nitrogen and oxygen atoms in total. The van der Waals surface area contributed by atoms with Gasteiger partial charge in [-0.3, -0.25) is 9.59 Å². The van der Waals surface area contributed by atoms with E-state index in [9.17, 15) is 14.0 Å². The molecule has 0 atom stereocenters. The second-order valence-corrected chi connectivity index (χ2v) is 3.82. The number of halogens is 1. The number of para-hydroxylation sites is 1. The molecule has 0 saturated carbocycles. The summed E-state index contributed by atoms with van der Waals surface area (Å²) in [6, 6.07) is 3.89. The van der Waals surface area contributed by atoms with E-state index in [2.05, 4.69) is 0 Å². The quantitative estimate of drug-likeness (QED) is 0.777. The van der Waals surface area contributed by atoms with Crippen LogP contribution in [0.1, 0.15) is 23.7 Å². The average Bonchev–Trinajstić information content (AvgIpc) is 2.31. The minimum atomic E-state index is -1.12. The maximum Gasteiger partial charge on any atom is 0.323 e. The number of carboxylic acids is 1. The van der Waals surface area contributed by atoms with E-state index >= 15 is 0 Å². The lowest BCUT2D eigenvalue weighted by Gasteiger charge is -2.20. The van der Waals surface area contributed by atoms with Gasteiger partial charge in [-0.1, -0.05) is 13.0 Å². The van der Waals surface area contributed by atoms with Gasteiger partial charge in [-0.2, -0.15) is 0 Å². The molecule has 0 unspecified atom stereocenters. The first-order valence-corrected chi connectivity index (χ1v) is 5.52. The Bertz CT molecular complexity index is 463. The van der Waals surface area contributed by atoms with Gasteiger partial charge in [0.2, 0.25) is 0 Å². The number of nitrogens with zero attached hydrogens (tertiary/aromatic N) is 1. The molecule has 98 valence electrons. The summed E-state index contributed by atoms with van der Waals surface area (Å²) in [7, 11) is 0. The van der Waals surface area contributed by atoms with Crippen LogP contribution in [-0.2, 0) is 4.79 Å². The molecule has 0 bridgehead atoms. The first-order chi connectivity index (χ1) is 8.47. The second kappa shape index (κ2) is 6.00. The Kier molecular flexibility index (Phi) is 4.65. The Morgan fingerprint density at radius 3 is 2.67 bits per heavy atom. The van der Waals surface area contributed by atoms with Crippen molar-refractivity contribution >= 4 is 17.6 Å². The van der Waals surface area contributed by atoms with Gasteiger partial charge in [-0.15, -0.1) is 0 Å². The van der Waals surface area contributed by atoms with Crippen molar-refractivity contribution in [2.24, 2.45) is 0 Å². The number of carbonyl (C=O) groups excluding carboxylic acids is 1. The molecule has 1 amide bonds. The summed E-state index contributed by atoms with van der Waals surface area (Å²) in [4.78, 5) is 23.9. The number of aliphatic carboxylic acids is 1. The van der Waals surface area contributed by atoms with E-state index in [1.54, 1.807) is 0 Å². The number of rotatable bonds is 5. The first kappa shape index (κ1) is 14.0. The minimum absolute atomic E-state index is 0.00954. The fourth-order valence-electron chi connectivity index (χ4n) is 1.58. The highest BCUT2D eigenvalue weighted by Crippen LogP contribution is 2.17. The summed E-state index contributed by atoms with van der Waals surface area (Å²) in [6.45, 7) is 1.67. The average molecular weight is 254 g/mol. The maximum absolute atomic E-state index is 13.2. The third-order valence-electron chi connectivity index (χ3n) is 2.39. The lowest BCUT2D eigenvalue weighted by molar-refractivity contribution is -0.137. The van der Waals surface area contributed by atoms with Crippen LogP contribution in [0.25, 0.3) is 0 Å². The van der Waals surface area contributed by atoms with Crippen LogP contribution in [0.5, 0.6) is 0 Å². The molecule has 1 aromatic carbocycles. The van der Waals surface area contributed by atoms with Crippen molar-refractivity contribution in [3.05, 3.63) is 29.6 Å². The van der Waals surface area contributed by atoms with E-state index in [-0.39, 0.29) is 17.8 Å². The number of nitrogens with two attached hydrogens (primary N) is 1. The summed E-state index contributed by atoms with van der Waals surface area (Å²) < 4.78 is 13.2. The predicted molar refractivity (Wildman–Crippen MR) is 64.6 cm³/mol. The molecule has 0 fully saturated rings. The van der Waals surface area contributed by atoms with Gasteiger partial charge in [0.05, 0.1) is 11.3 Å². The smallest absolute Gasteiger partial charge is 0.323 e. The number of nitrogen functional groups attached to an aromatic ring is 1. The zero-order valence-electron chi connectivity index (χ0n) is 10.0. The number of carboxylic acid groups (broad SMARTS) is 1. The number of hydrogen-bond donors (Lipinski definition) is 2. The summed E-state index contributed by atoms with van der Waals surface area (Å²) in [5.74, 6) is -2.38. The number of benzene rings is 1. The van der Waals surface area contributed by atoms with Gasteiger partial charge in [0.1, 0.15) is 12.4 Å². The van der Waals surface area contributed by atoms with Crippen LogP contribution < -0.4 is 5.73 Å². The van der Waals surface area contributed by atoms with E-state index in [0.29, 0.717) is 6.42 Å². The van der Waals surface area contributed by atoms with E-state index in [0.717, 1.165) is 11.0 Å². The molecule has 0 saturated heterocycles. The number of carbonyl (C=O) groups is 2. The largest absolute Gasteiger partial charge is 0.480 e. The number of amides is 1. The summed E-state index contributed by atoms with van der Waals surface area (Å²) >= 11 is 0. The Labute approximate surface area is 104 Å². The highest BCUT2D eigenvalue weighted by atomic mass is 19.1. The molecule has 0 aromatic heterocycles. The molecule has 1 aromatic rings. The van der Waals surface area contributed by atoms with Gasteiger partial charge in [0, 0.05) is 6.54 Å². The van der Waals surface area contributed by atoms with Crippen LogP contribution in [0.3, 0.4) is 0 Å². The fraction of sp³-hybridized carbons (Fsp3) is 0.333. The topological polar surface area (TPSA) is 83.6 Å². The Morgan fingerprint density at radius 2 is 2.11 bits per heavy atom. The molecule has 0 heterocycles. The van der Waals surface area contributed by atoms with Gasteiger partial charge in [0.25, 0.3) is 5.91 Å². The van der Waals surface area contributed by atoms with E-state index in [1.165, 1.54) is 12.1 Å². The fourth-order valence-corrected chi connectivity index (χ4v) is 1.58. The van der Waals surface area contributed by atoms with Crippen molar-refractivity contribution in [2.45, 2.75) is 13.3 Å². The van der Waals surface area contributed by atoms with Crippen molar-refractivity contribution in [1.82, 2.24) is 4.90 Å². The third-order valence-corrected chi connectivity index (χ3v) is 2.39. The summed E-state index contributed by atoms with van der Waals surface area (Å²) in [5.41, 5.74) is 5.21. The van der Waals surface area contributed by atoms with Crippen LogP contribution in [0.2, 0.25) is 0 Å². The zero-order valence-corrected chi connectivity index (χ0v) is 10.0. The van der Waals surface area contributed by atoms with Crippen LogP contribution in [0, 0.1) is 5.82 Å². The summed E-state index contributed by atoms with van der Waals surface area (Å²) in [5, 5.41) is 8.73. The van der Waals surface area contributed by atoms with Crippen molar-refractivity contribution in [3.8, 4) is 0 Å². The molecule has 1 rings (SSSR count). The van der Waals surface area contributed by atoms with Crippen molar-refractivity contribution in [3.63, 3.8) is 0 Å². The first-order valence-electron chi connectivity index (χ1n) is 5.52. The molecule has 0 aliphatic carbocycles. The van der Waals surface area contributed by atoms with E-state index in [4.69, 9.17) is 10.8 Å². The molecule has 18 heavy (non-hydrogen) atoms. The Hall–Kier alpha value is -2.11. The molecule has 0 aliphatic rings. The highest BCUT2D eigenvalue weighted by Gasteiger charge is 2.20. The molecule has 6 heteroatoms. The lowest BCUT2D eigenvalue weighted by Crippen LogP contribution is -2.36. The van der Waals surface area contributed by atoms with Gasteiger partial charge in [0.15, 0.2) is 0 Å². The molecule has 0 aliphatic heterocycles. The van der Waals surface area contributed by atoms with Crippen LogP contribution >= 0.6 is 0 Å². The van der Waals surface area contributed by atoms with Crippen molar-refractivity contribution in [2.75, 3.05) is 18.8 Å². The minimum Gasteiger partial charge on any atom is -0.480 e. The molecule has 0 spiro atoms. The third kappa shape index (κ3) is 3.19. The molecular formula is C12H15FN2O3. The second-order valence-electron chi connectivity index (χ2n) is 3.82. The SMILES string of the molecule is CCCN(CC(=O)O)C(=O)c1cccc(F)c1N. The van der Waals surface area contributed by atoms with Gasteiger partial charge < -0.3 is 15.7 Å². The Balaban J connectivity index is 3.01. The molecule has 3 N–H and O–H groups in total. The molecular weight excluding hydrogens is 239 g/mol. The van der Waals surface area contributed by atoms with Crippen molar-refractivity contribution in [1.29, 1.82) is 0 Å². The summed E-state index contributed by atoms with van der Waals surface area (Å²) in [6.07, 6.45) is 0.605. The van der Waals surface area contributed by atoms with Gasteiger partial charge in [-0.25, -0.2) is 4.39 Å². The molecule has 0 radical (unpaired) electrons. The monoisotopic (exact) mass is 254 g/mol. The number of anilines is 1. The Morgan fingerprint density at radius 1 is 1.44 bits per heavy atom. The predicted octanol–water partition coefficient (Wildman–Crippen LogP) is 1.34. The van der Waals surface area contributed by atoms with Gasteiger partial charge >= 0.3 is 5.97 Å². The maximum atomic E-state index is 13.2. The zero-order chi connectivity index (χ0) is 13.7. The van der Waals surface area contributed by atoms with Crippen LogP contribution in [0.15, 0.2) is 18.2 Å². The van der Waals surface area contributed by atoms with E-state index < -0.39 is 24.2 Å². The normalized spacial score (nSPS) is 10.1. The lowest BCUT2D eigenvalue weighted by atomic mass is 10.1. The highest BCUT2D eigenvalue weighted by molar-refractivity contribution is 6.00. The van der Waals surface area contributed by atoms with Crippen molar-refractivity contribution < 1.29 is 19.1 Å². The van der Waals surface area contributed by atoms with E-state index in [1.807, 2.05) is 6.92 Å².